The van der Waals surface area contributed by atoms with Gasteiger partial charge in [-0.05, 0) is 36.8 Å². The number of hydrogen-bond acceptors (Lipinski definition) is 3. The van der Waals surface area contributed by atoms with E-state index >= 15 is 0 Å². The second kappa shape index (κ2) is 6.28. The SMILES string of the molecule is CC(Nc1ccc(Cl)c([N+](=O)[O-])c1)c1ccc(F)c(Cl)c1. The average molecular weight is 329 g/mol. The minimum atomic E-state index is -0.549. The molecule has 0 amide bonds. The third-order valence-corrected chi connectivity index (χ3v) is 3.58. The van der Waals surface area contributed by atoms with Crippen molar-refractivity contribution in [1.82, 2.24) is 0 Å². The summed E-state index contributed by atoms with van der Waals surface area (Å²) in [5, 5.41) is 14.0. The molecule has 4 nitrogen and oxygen atoms in total. The quantitative estimate of drug-likeness (QED) is 0.618. The Morgan fingerprint density at radius 2 is 1.90 bits per heavy atom. The number of nitrogens with zero attached hydrogens (tertiary/aromatic N) is 1. The minimum Gasteiger partial charge on any atom is -0.378 e. The predicted molar refractivity (Wildman–Crippen MR) is 81.6 cm³/mol. The van der Waals surface area contributed by atoms with Gasteiger partial charge in [-0.2, -0.15) is 0 Å². The molecule has 0 heterocycles. The molecule has 0 bridgehead atoms. The molecule has 0 aliphatic heterocycles. The molecule has 110 valence electrons. The molecule has 0 fully saturated rings. The number of hydrogen-bond donors (Lipinski definition) is 1. The van der Waals surface area contributed by atoms with Gasteiger partial charge >= 0.3 is 0 Å². The zero-order valence-corrected chi connectivity index (χ0v) is 12.5. The van der Waals surface area contributed by atoms with Gasteiger partial charge in [-0.15, -0.1) is 0 Å². The molecular formula is C14H11Cl2FN2O2. The predicted octanol–water partition coefficient (Wildman–Crippen LogP) is 5.21. The fourth-order valence-corrected chi connectivity index (χ4v) is 2.23. The maximum Gasteiger partial charge on any atom is 0.289 e. The first-order valence-corrected chi connectivity index (χ1v) is 6.79. The normalized spacial score (nSPS) is 12.0. The van der Waals surface area contributed by atoms with Crippen LogP contribution in [0.3, 0.4) is 0 Å². The molecule has 0 spiro atoms. The fraction of sp³-hybridized carbons (Fsp3) is 0.143. The Balaban J connectivity index is 2.23. The van der Waals surface area contributed by atoms with Crippen LogP contribution >= 0.6 is 23.2 Å². The molecule has 1 unspecified atom stereocenters. The summed E-state index contributed by atoms with van der Waals surface area (Å²) in [7, 11) is 0. The van der Waals surface area contributed by atoms with Gasteiger partial charge in [-0.25, -0.2) is 4.39 Å². The van der Waals surface area contributed by atoms with Crippen LogP contribution in [0.5, 0.6) is 0 Å². The third-order valence-electron chi connectivity index (χ3n) is 2.97. The zero-order chi connectivity index (χ0) is 15.6. The molecule has 21 heavy (non-hydrogen) atoms. The summed E-state index contributed by atoms with van der Waals surface area (Å²) in [6.07, 6.45) is 0. The average Bonchev–Trinajstić information content (AvgIpc) is 2.43. The van der Waals surface area contributed by atoms with Crippen molar-refractivity contribution < 1.29 is 9.31 Å². The lowest BCUT2D eigenvalue weighted by Gasteiger charge is -2.16. The molecule has 1 N–H and O–H groups in total. The molecule has 7 heteroatoms. The van der Waals surface area contributed by atoms with E-state index in [2.05, 4.69) is 5.32 Å². The number of rotatable bonds is 4. The van der Waals surface area contributed by atoms with Crippen molar-refractivity contribution in [3.63, 3.8) is 0 Å². The molecule has 2 aromatic carbocycles. The van der Waals surface area contributed by atoms with Gasteiger partial charge < -0.3 is 5.32 Å². The van der Waals surface area contributed by atoms with Gasteiger partial charge in [0.05, 0.1) is 9.95 Å². The highest BCUT2D eigenvalue weighted by molar-refractivity contribution is 6.32. The summed E-state index contributed by atoms with van der Waals surface area (Å²) in [5.41, 5.74) is 1.13. The molecule has 0 aliphatic rings. The van der Waals surface area contributed by atoms with Gasteiger partial charge in [0.15, 0.2) is 0 Å². The summed E-state index contributed by atoms with van der Waals surface area (Å²) in [4.78, 5) is 10.3. The van der Waals surface area contributed by atoms with Crippen molar-refractivity contribution in [1.29, 1.82) is 0 Å². The topological polar surface area (TPSA) is 55.2 Å². The van der Waals surface area contributed by atoms with E-state index in [1.165, 1.54) is 24.3 Å². The van der Waals surface area contributed by atoms with Crippen LogP contribution in [0.25, 0.3) is 0 Å². The lowest BCUT2D eigenvalue weighted by molar-refractivity contribution is -0.384. The summed E-state index contributed by atoms with van der Waals surface area (Å²) in [6, 6.07) is 8.62. The van der Waals surface area contributed by atoms with E-state index in [9.17, 15) is 14.5 Å². The maximum atomic E-state index is 13.1. The Labute approximate surface area is 130 Å². The van der Waals surface area contributed by atoms with E-state index < -0.39 is 10.7 Å². The Kier molecular flexibility index (Phi) is 4.65. The largest absolute Gasteiger partial charge is 0.378 e. The van der Waals surface area contributed by atoms with Crippen LogP contribution in [0.15, 0.2) is 36.4 Å². The van der Waals surface area contributed by atoms with E-state index in [1.807, 2.05) is 6.92 Å². The fourth-order valence-electron chi connectivity index (χ4n) is 1.86. The van der Waals surface area contributed by atoms with E-state index in [0.29, 0.717) is 5.69 Å². The number of anilines is 1. The summed E-state index contributed by atoms with van der Waals surface area (Å²) < 4.78 is 13.1. The van der Waals surface area contributed by atoms with E-state index in [4.69, 9.17) is 23.2 Å². The van der Waals surface area contributed by atoms with Gasteiger partial charge in [0.2, 0.25) is 0 Å². The van der Waals surface area contributed by atoms with E-state index in [1.54, 1.807) is 12.1 Å². The minimum absolute atomic E-state index is 0.0308. The number of benzene rings is 2. The van der Waals surface area contributed by atoms with Crippen LogP contribution in [0.1, 0.15) is 18.5 Å². The molecular weight excluding hydrogens is 318 g/mol. The second-order valence-electron chi connectivity index (χ2n) is 4.46. The van der Waals surface area contributed by atoms with Crippen LogP contribution in [0.4, 0.5) is 15.8 Å². The van der Waals surface area contributed by atoms with Crippen LogP contribution in [0.2, 0.25) is 10.0 Å². The molecule has 0 aliphatic carbocycles. The lowest BCUT2D eigenvalue weighted by Crippen LogP contribution is -2.07. The number of nitro benzene ring substituents is 1. The van der Waals surface area contributed by atoms with Crippen LogP contribution < -0.4 is 5.32 Å². The van der Waals surface area contributed by atoms with Crippen LogP contribution in [0, 0.1) is 15.9 Å². The first-order valence-electron chi connectivity index (χ1n) is 6.04. The Morgan fingerprint density at radius 3 is 2.52 bits per heavy atom. The Morgan fingerprint density at radius 1 is 1.19 bits per heavy atom. The van der Waals surface area contributed by atoms with Crippen molar-refractivity contribution in [2.45, 2.75) is 13.0 Å². The maximum absolute atomic E-state index is 13.1. The molecule has 0 aromatic heterocycles. The Hall–Kier alpha value is -1.85. The van der Waals surface area contributed by atoms with Gasteiger partial charge in [0, 0.05) is 17.8 Å². The zero-order valence-electron chi connectivity index (χ0n) is 10.9. The lowest BCUT2D eigenvalue weighted by atomic mass is 10.1. The molecule has 1 atom stereocenters. The first-order chi connectivity index (χ1) is 9.88. The molecule has 2 aromatic rings. The highest BCUT2D eigenvalue weighted by Crippen LogP contribution is 2.30. The number of nitrogens with one attached hydrogen (secondary N) is 1. The van der Waals surface area contributed by atoms with Crippen LogP contribution in [-0.2, 0) is 0 Å². The highest BCUT2D eigenvalue weighted by Gasteiger charge is 2.14. The van der Waals surface area contributed by atoms with Crippen molar-refractivity contribution >= 4 is 34.6 Å². The monoisotopic (exact) mass is 328 g/mol. The van der Waals surface area contributed by atoms with E-state index in [-0.39, 0.29) is 21.8 Å². The third kappa shape index (κ3) is 3.62. The van der Waals surface area contributed by atoms with Crippen molar-refractivity contribution in [2.75, 3.05) is 5.32 Å². The molecule has 2 rings (SSSR count). The van der Waals surface area contributed by atoms with Crippen molar-refractivity contribution in [3.05, 3.63) is 67.9 Å². The molecule has 0 saturated carbocycles. The van der Waals surface area contributed by atoms with Gasteiger partial charge in [0.25, 0.3) is 5.69 Å². The standard InChI is InChI=1S/C14H11Cl2FN2O2/c1-8(9-2-5-13(17)12(16)6-9)18-10-3-4-11(15)14(7-10)19(20)21/h2-8,18H,1H3. The highest BCUT2D eigenvalue weighted by atomic mass is 35.5. The number of nitro groups is 1. The summed E-state index contributed by atoms with van der Waals surface area (Å²) >= 11 is 11.5. The molecule has 0 saturated heterocycles. The second-order valence-corrected chi connectivity index (χ2v) is 5.28. The van der Waals surface area contributed by atoms with Gasteiger partial charge in [0.1, 0.15) is 10.8 Å². The molecule has 0 radical (unpaired) electrons. The van der Waals surface area contributed by atoms with Gasteiger partial charge in [-0.3, -0.25) is 10.1 Å². The first kappa shape index (κ1) is 15.5. The van der Waals surface area contributed by atoms with Crippen molar-refractivity contribution in [3.8, 4) is 0 Å². The number of halogens is 3. The Bertz CT molecular complexity index is 695. The summed E-state index contributed by atoms with van der Waals surface area (Å²) in [6.45, 7) is 1.84. The van der Waals surface area contributed by atoms with Crippen LogP contribution in [-0.4, -0.2) is 4.92 Å². The van der Waals surface area contributed by atoms with Crippen molar-refractivity contribution in [2.24, 2.45) is 0 Å². The van der Waals surface area contributed by atoms with E-state index in [0.717, 1.165) is 5.56 Å². The smallest absolute Gasteiger partial charge is 0.289 e. The summed E-state index contributed by atoms with van der Waals surface area (Å²) in [5.74, 6) is -0.491. The van der Waals surface area contributed by atoms with Gasteiger partial charge in [-0.1, -0.05) is 29.3 Å².